The molecular formula is C17H24N6O2. The second-order valence-corrected chi connectivity index (χ2v) is 6.32. The monoisotopic (exact) mass is 344 g/mol. The minimum absolute atomic E-state index is 0.0862. The number of nitrogens with zero attached hydrogens (tertiary/aromatic N) is 4. The number of carbonyl (C=O) groups is 1. The van der Waals surface area contributed by atoms with E-state index in [4.69, 9.17) is 4.42 Å². The molecule has 1 fully saturated rings. The van der Waals surface area contributed by atoms with Gasteiger partial charge in [0.1, 0.15) is 23.7 Å². The van der Waals surface area contributed by atoms with Crippen molar-refractivity contribution in [2.24, 2.45) is 0 Å². The first-order valence-electron chi connectivity index (χ1n) is 8.43. The van der Waals surface area contributed by atoms with Gasteiger partial charge < -0.3 is 24.9 Å². The van der Waals surface area contributed by atoms with Crippen LogP contribution in [-0.4, -0.2) is 49.2 Å². The zero-order chi connectivity index (χ0) is 17.6. The Kier molecular flexibility index (Phi) is 5.37. The molecule has 8 heteroatoms. The third kappa shape index (κ3) is 4.62. The van der Waals surface area contributed by atoms with Crippen molar-refractivity contribution in [3.63, 3.8) is 0 Å². The Hall–Kier alpha value is -2.77. The first-order chi connectivity index (χ1) is 12.1. The van der Waals surface area contributed by atoms with Crippen molar-refractivity contribution in [2.75, 3.05) is 37.0 Å². The Balaban J connectivity index is 1.54. The molecule has 0 bridgehead atoms. The van der Waals surface area contributed by atoms with Crippen molar-refractivity contribution in [3.05, 3.63) is 36.5 Å². The van der Waals surface area contributed by atoms with Crippen LogP contribution >= 0.6 is 0 Å². The van der Waals surface area contributed by atoms with Crippen LogP contribution in [0.1, 0.15) is 18.6 Å². The van der Waals surface area contributed by atoms with Gasteiger partial charge in [-0.05, 0) is 25.0 Å². The number of aromatic nitrogens is 2. The molecule has 3 heterocycles. The summed E-state index contributed by atoms with van der Waals surface area (Å²) in [6, 6.07) is 5.51. The molecule has 2 aromatic rings. The molecule has 2 amide bonds. The molecule has 2 aromatic heterocycles. The van der Waals surface area contributed by atoms with Crippen LogP contribution < -0.4 is 20.4 Å². The maximum absolute atomic E-state index is 12.1. The second-order valence-electron chi connectivity index (χ2n) is 6.32. The molecule has 134 valence electrons. The summed E-state index contributed by atoms with van der Waals surface area (Å²) in [7, 11) is 3.91. The lowest BCUT2D eigenvalue weighted by atomic mass is 10.1. The molecule has 8 nitrogen and oxygen atoms in total. The van der Waals surface area contributed by atoms with Crippen molar-refractivity contribution in [2.45, 2.75) is 25.4 Å². The quantitative estimate of drug-likeness (QED) is 0.857. The Morgan fingerprint density at radius 3 is 3.08 bits per heavy atom. The number of rotatable bonds is 5. The van der Waals surface area contributed by atoms with Crippen LogP contribution in [0.25, 0.3) is 0 Å². The number of hydrogen-bond acceptors (Lipinski definition) is 6. The highest BCUT2D eigenvalue weighted by Gasteiger charge is 2.22. The van der Waals surface area contributed by atoms with Gasteiger partial charge in [0.25, 0.3) is 0 Å². The van der Waals surface area contributed by atoms with Crippen molar-refractivity contribution in [1.29, 1.82) is 0 Å². The predicted octanol–water partition coefficient (Wildman–Crippen LogP) is 1.60. The Bertz CT molecular complexity index is 688. The molecule has 0 radical (unpaired) electrons. The number of urea groups is 1. The maximum Gasteiger partial charge on any atom is 0.315 e. The number of amides is 2. The summed E-state index contributed by atoms with van der Waals surface area (Å²) in [6.45, 7) is 2.04. The van der Waals surface area contributed by atoms with E-state index in [1.807, 2.05) is 31.1 Å². The topological polar surface area (TPSA) is 86.5 Å². The van der Waals surface area contributed by atoms with Crippen molar-refractivity contribution < 1.29 is 9.21 Å². The van der Waals surface area contributed by atoms with E-state index in [9.17, 15) is 4.79 Å². The summed E-state index contributed by atoms with van der Waals surface area (Å²) in [5, 5.41) is 5.85. The summed E-state index contributed by atoms with van der Waals surface area (Å²) in [5.74, 6) is 2.50. The molecular weight excluding hydrogens is 320 g/mol. The van der Waals surface area contributed by atoms with Gasteiger partial charge in [0.2, 0.25) is 0 Å². The van der Waals surface area contributed by atoms with Gasteiger partial charge in [0, 0.05) is 39.3 Å². The third-order valence-electron chi connectivity index (χ3n) is 4.18. The Morgan fingerprint density at radius 2 is 2.32 bits per heavy atom. The molecule has 1 atom stereocenters. The van der Waals surface area contributed by atoms with Gasteiger partial charge in [-0.2, -0.15) is 0 Å². The predicted molar refractivity (Wildman–Crippen MR) is 95.7 cm³/mol. The molecule has 2 N–H and O–H groups in total. The van der Waals surface area contributed by atoms with Crippen LogP contribution in [0.5, 0.6) is 0 Å². The van der Waals surface area contributed by atoms with E-state index in [0.29, 0.717) is 6.54 Å². The Morgan fingerprint density at radius 1 is 1.44 bits per heavy atom. The van der Waals surface area contributed by atoms with Gasteiger partial charge >= 0.3 is 6.03 Å². The fraction of sp³-hybridized carbons (Fsp3) is 0.471. The average Bonchev–Trinajstić information content (AvgIpc) is 3.14. The number of hydrogen-bond donors (Lipinski definition) is 2. The summed E-state index contributed by atoms with van der Waals surface area (Å²) in [5.41, 5.74) is 0. The van der Waals surface area contributed by atoms with E-state index in [0.717, 1.165) is 43.3 Å². The minimum Gasteiger partial charge on any atom is -0.467 e. The average molecular weight is 344 g/mol. The van der Waals surface area contributed by atoms with E-state index < -0.39 is 0 Å². The van der Waals surface area contributed by atoms with E-state index in [-0.39, 0.29) is 12.1 Å². The van der Waals surface area contributed by atoms with Crippen LogP contribution in [0, 0.1) is 0 Å². The highest BCUT2D eigenvalue weighted by molar-refractivity contribution is 5.74. The summed E-state index contributed by atoms with van der Waals surface area (Å²) in [6.07, 6.45) is 5.14. The molecule has 0 spiro atoms. The van der Waals surface area contributed by atoms with Crippen LogP contribution in [-0.2, 0) is 6.54 Å². The van der Waals surface area contributed by atoms with Gasteiger partial charge in [0.15, 0.2) is 0 Å². The van der Waals surface area contributed by atoms with Gasteiger partial charge in [-0.25, -0.2) is 14.8 Å². The fourth-order valence-corrected chi connectivity index (χ4v) is 2.87. The van der Waals surface area contributed by atoms with Crippen molar-refractivity contribution >= 4 is 17.7 Å². The number of anilines is 2. The molecule has 25 heavy (non-hydrogen) atoms. The van der Waals surface area contributed by atoms with Gasteiger partial charge in [-0.1, -0.05) is 0 Å². The van der Waals surface area contributed by atoms with Crippen LogP contribution in [0.4, 0.5) is 16.4 Å². The summed E-state index contributed by atoms with van der Waals surface area (Å²) in [4.78, 5) is 24.8. The maximum atomic E-state index is 12.1. The zero-order valence-corrected chi connectivity index (χ0v) is 14.6. The molecule has 1 unspecified atom stereocenters. The fourth-order valence-electron chi connectivity index (χ4n) is 2.87. The van der Waals surface area contributed by atoms with Crippen LogP contribution in [0.2, 0.25) is 0 Å². The van der Waals surface area contributed by atoms with Gasteiger partial charge in [-0.3, -0.25) is 0 Å². The number of piperidine rings is 1. The number of carbonyl (C=O) groups excluding carboxylic acids is 1. The highest BCUT2D eigenvalue weighted by Crippen LogP contribution is 2.20. The van der Waals surface area contributed by atoms with Crippen molar-refractivity contribution in [1.82, 2.24) is 20.6 Å². The van der Waals surface area contributed by atoms with E-state index in [1.165, 1.54) is 0 Å². The highest BCUT2D eigenvalue weighted by atomic mass is 16.3. The molecule has 1 saturated heterocycles. The van der Waals surface area contributed by atoms with E-state index >= 15 is 0 Å². The molecule has 1 aliphatic heterocycles. The first-order valence-corrected chi connectivity index (χ1v) is 8.43. The first kappa shape index (κ1) is 17.1. The Labute approximate surface area is 147 Å². The molecule has 1 aliphatic rings. The van der Waals surface area contributed by atoms with E-state index in [2.05, 4.69) is 25.5 Å². The van der Waals surface area contributed by atoms with Crippen LogP contribution in [0.15, 0.2) is 35.2 Å². The van der Waals surface area contributed by atoms with Crippen LogP contribution in [0.3, 0.4) is 0 Å². The molecule has 3 rings (SSSR count). The minimum atomic E-state index is -0.181. The SMILES string of the molecule is CN(C)c1cc(N2CCCC(NC(=O)NCc3ccco3)C2)ncn1. The smallest absolute Gasteiger partial charge is 0.315 e. The molecule has 0 saturated carbocycles. The third-order valence-corrected chi connectivity index (χ3v) is 4.18. The number of nitrogens with one attached hydrogen (secondary N) is 2. The molecule has 0 aliphatic carbocycles. The summed E-state index contributed by atoms with van der Waals surface area (Å²) >= 11 is 0. The lowest BCUT2D eigenvalue weighted by Crippen LogP contribution is -2.50. The molecule has 0 aromatic carbocycles. The normalized spacial score (nSPS) is 17.2. The lowest BCUT2D eigenvalue weighted by Gasteiger charge is -2.34. The lowest BCUT2D eigenvalue weighted by molar-refractivity contribution is 0.233. The number of furan rings is 1. The zero-order valence-electron chi connectivity index (χ0n) is 14.6. The summed E-state index contributed by atoms with van der Waals surface area (Å²) < 4.78 is 5.21. The van der Waals surface area contributed by atoms with E-state index in [1.54, 1.807) is 18.7 Å². The van der Waals surface area contributed by atoms with Crippen molar-refractivity contribution in [3.8, 4) is 0 Å². The van der Waals surface area contributed by atoms with Gasteiger partial charge in [0.05, 0.1) is 12.8 Å². The standard InChI is InChI=1S/C17H24N6O2/c1-22(2)15-9-16(20-12-19-15)23-7-3-5-13(11-23)21-17(24)18-10-14-6-4-8-25-14/h4,6,8-9,12-13H,3,5,7,10-11H2,1-2H3,(H2,18,21,24). The largest absolute Gasteiger partial charge is 0.467 e. The second kappa shape index (κ2) is 7.87. The van der Waals surface area contributed by atoms with Gasteiger partial charge in [-0.15, -0.1) is 0 Å².